The SMILES string of the molecule is N#C/C(=N\Nc1ccc(N2CCN3CCCC3C2)cc1)C(=N)N. The van der Waals surface area contributed by atoms with E-state index >= 15 is 0 Å². The Kier molecular flexibility index (Phi) is 4.44. The average molecular weight is 311 g/mol. The molecule has 0 saturated carbocycles. The molecule has 2 fully saturated rings. The Morgan fingerprint density at radius 3 is 2.78 bits per heavy atom. The highest BCUT2D eigenvalue weighted by Gasteiger charge is 2.30. The van der Waals surface area contributed by atoms with Gasteiger partial charge >= 0.3 is 0 Å². The molecule has 0 bridgehead atoms. The average Bonchev–Trinajstić information content (AvgIpc) is 3.03. The minimum atomic E-state index is -0.342. The van der Waals surface area contributed by atoms with Gasteiger partial charge in [-0.05, 0) is 43.7 Å². The van der Waals surface area contributed by atoms with Crippen molar-refractivity contribution in [3.05, 3.63) is 24.3 Å². The number of fused-ring (bicyclic) bond motifs is 1. The molecule has 0 radical (unpaired) electrons. The van der Waals surface area contributed by atoms with Gasteiger partial charge in [-0.1, -0.05) is 0 Å². The van der Waals surface area contributed by atoms with Crippen molar-refractivity contribution >= 4 is 22.9 Å². The second kappa shape index (κ2) is 6.67. The van der Waals surface area contributed by atoms with Crippen LogP contribution in [-0.4, -0.2) is 48.7 Å². The van der Waals surface area contributed by atoms with E-state index in [0.29, 0.717) is 6.04 Å². The van der Waals surface area contributed by atoms with Gasteiger partial charge in [-0.2, -0.15) is 10.4 Å². The molecule has 1 atom stereocenters. The van der Waals surface area contributed by atoms with Gasteiger partial charge in [-0.3, -0.25) is 15.7 Å². The number of nitrogens with one attached hydrogen (secondary N) is 2. The molecule has 0 amide bonds. The molecule has 1 unspecified atom stereocenters. The number of hydrazone groups is 1. The fourth-order valence-electron chi connectivity index (χ4n) is 3.24. The summed E-state index contributed by atoms with van der Waals surface area (Å²) in [6.07, 6.45) is 2.61. The summed E-state index contributed by atoms with van der Waals surface area (Å²) in [5.74, 6) is -0.342. The minimum Gasteiger partial charge on any atom is -0.382 e. The van der Waals surface area contributed by atoms with Crippen LogP contribution in [0.15, 0.2) is 29.4 Å². The number of anilines is 2. The van der Waals surface area contributed by atoms with Crippen LogP contribution >= 0.6 is 0 Å². The molecule has 1 aromatic rings. The van der Waals surface area contributed by atoms with Crippen molar-refractivity contribution in [1.29, 1.82) is 10.7 Å². The third-order valence-corrected chi connectivity index (χ3v) is 4.48. The van der Waals surface area contributed by atoms with Gasteiger partial charge in [0.1, 0.15) is 6.07 Å². The molecule has 120 valence electrons. The number of hydrogen-bond donors (Lipinski definition) is 3. The maximum Gasteiger partial charge on any atom is 0.201 e. The summed E-state index contributed by atoms with van der Waals surface area (Å²) in [4.78, 5) is 5.02. The van der Waals surface area contributed by atoms with Crippen LogP contribution in [0.4, 0.5) is 11.4 Å². The van der Waals surface area contributed by atoms with Crippen LogP contribution in [0.1, 0.15) is 12.8 Å². The molecule has 2 heterocycles. The van der Waals surface area contributed by atoms with Gasteiger partial charge in [-0.25, -0.2) is 0 Å². The Balaban J connectivity index is 1.63. The summed E-state index contributed by atoms with van der Waals surface area (Å²) in [6.45, 7) is 4.54. The zero-order valence-corrected chi connectivity index (χ0v) is 13.0. The Labute approximate surface area is 135 Å². The summed E-state index contributed by atoms with van der Waals surface area (Å²) < 4.78 is 0. The summed E-state index contributed by atoms with van der Waals surface area (Å²) in [6, 6.07) is 10.4. The molecule has 2 saturated heterocycles. The van der Waals surface area contributed by atoms with Crippen molar-refractivity contribution in [3.63, 3.8) is 0 Å². The summed E-state index contributed by atoms with van der Waals surface area (Å²) in [5.41, 5.74) is 9.87. The number of benzene rings is 1. The highest BCUT2D eigenvalue weighted by atomic mass is 15.3. The predicted octanol–water partition coefficient (Wildman–Crippen LogP) is 1.20. The zero-order valence-electron chi connectivity index (χ0n) is 13.0. The molecule has 1 aromatic carbocycles. The smallest absolute Gasteiger partial charge is 0.201 e. The van der Waals surface area contributed by atoms with E-state index in [0.717, 1.165) is 25.3 Å². The van der Waals surface area contributed by atoms with Gasteiger partial charge in [0.05, 0.1) is 5.69 Å². The quantitative estimate of drug-likeness (QED) is 0.440. The number of hydrogen-bond acceptors (Lipinski definition) is 6. The highest BCUT2D eigenvalue weighted by molar-refractivity contribution is 6.45. The van der Waals surface area contributed by atoms with Crippen molar-refractivity contribution in [2.24, 2.45) is 10.8 Å². The third-order valence-electron chi connectivity index (χ3n) is 4.48. The van der Waals surface area contributed by atoms with Gasteiger partial charge in [0.2, 0.25) is 5.71 Å². The van der Waals surface area contributed by atoms with E-state index < -0.39 is 0 Å². The van der Waals surface area contributed by atoms with Crippen LogP contribution in [0.3, 0.4) is 0 Å². The molecule has 3 rings (SSSR count). The molecule has 2 aliphatic rings. The van der Waals surface area contributed by atoms with Crippen LogP contribution in [0.25, 0.3) is 0 Å². The van der Waals surface area contributed by atoms with Crippen molar-refractivity contribution in [3.8, 4) is 6.07 Å². The number of nitrogens with two attached hydrogens (primary N) is 1. The lowest BCUT2D eigenvalue weighted by Gasteiger charge is -2.38. The van der Waals surface area contributed by atoms with Crippen molar-refractivity contribution in [2.45, 2.75) is 18.9 Å². The van der Waals surface area contributed by atoms with Gasteiger partial charge in [0.25, 0.3) is 0 Å². The van der Waals surface area contributed by atoms with Crippen LogP contribution in [0.5, 0.6) is 0 Å². The van der Waals surface area contributed by atoms with E-state index in [-0.39, 0.29) is 11.5 Å². The summed E-state index contributed by atoms with van der Waals surface area (Å²) >= 11 is 0. The molecule has 7 heteroatoms. The first kappa shape index (κ1) is 15.3. The number of amidine groups is 1. The van der Waals surface area contributed by atoms with Gasteiger partial charge in [0.15, 0.2) is 5.84 Å². The first-order chi connectivity index (χ1) is 11.2. The Bertz CT molecular complexity index is 643. The maximum atomic E-state index is 8.81. The minimum absolute atomic E-state index is 0.119. The second-order valence-electron chi connectivity index (χ2n) is 5.92. The molecular weight excluding hydrogens is 290 g/mol. The normalized spacial score (nSPS) is 21.6. The number of nitrogens with zero attached hydrogens (tertiary/aromatic N) is 4. The molecule has 4 N–H and O–H groups in total. The molecule has 0 spiro atoms. The second-order valence-corrected chi connectivity index (χ2v) is 5.92. The molecule has 7 nitrogen and oxygen atoms in total. The third kappa shape index (κ3) is 3.43. The topological polar surface area (TPSA) is 105 Å². The monoisotopic (exact) mass is 311 g/mol. The number of rotatable bonds is 4. The first-order valence-corrected chi connectivity index (χ1v) is 7.84. The van der Waals surface area contributed by atoms with E-state index in [2.05, 4.69) is 32.5 Å². The van der Waals surface area contributed by atoms with E-state index in [4.69, 9.17) is 16.4 Å². The predicted molar refractivity (Wildman–Crippen MR) is 91.8 cm³/mol. The number of nitriles is 1. The standard InChI is InChI=1S/C16H21N7/c17-10-15(16(18)19)21-20-12-3-5-13(6-4-12)23-9-8-22-7-1-2-14(22)11-23/h3-6,14,20H,1-2,7-9,11H2,(H3,18,19)/b21-15+. The number of piperazine rings is 1. The van der Waals surface area contributed by atoms with E-state index in [1.807, 2.05) is 12.1 Å². The lowest BCUT2D eigenvalue weighted by Crippen LogP contribution is -2.50. The van der Waals surface area contributed by atoms with E-state index in [1.54, 1.807) is 6.07 Å². The fourth-order valence-corrected chi connectivity index (χ4v) is 3.24. The first-order valence-electron chi connectivity index (χ1n) is 7.84. The van der Waals surface area contributed by atoms with E-state index in [9.17, 15) is 0 Å². The lowest BCUT2D eigenvalue weighted by molar-refractivity contribution is 0.231. The van der Waals surface area contributed by atoms with Crippen molar-refractivity contribution < 1.29 is 0 Å². The molecule has 0 aliphatic carbocycles. The highest BCUT2D eigenvalue weighted by Crippen LogP contribution is 2.26. The summed E-state index contributed by atoms with van der Waals surface area (Å²) in [7, 11) is 0. The zero-order chi connectivity index (χ0) is 16.2. The largest absolute Gasteiger partial charge is 0.382 e. The van der Waals surface area contributed by atoms with Gasteiger partial charge in [0, 0.05) is 31.4 Å². The van der Waals surface area contributed by atoms with Crippen molar-refractivity contribution in [2.75, 3.05) is 36.5 Å². The fraction of sp³-hybridized carbons (Fsp3) is 0.438. The maximum absolute atomic E-state index is 8.81. The van der Waals surface area contributed by atoms with Crippen LogP contribution < -0.4 is 16.1 Å². The lowest BCUT2D eigenvalue weighted by atomic mass is 10.1. The van der Waals surface area contributed by atoms with Crippen molar-refractivity contribution in [1.82, 2.24) is 4.90 Å². The van der Waals surface area contributed by atoms with Crippen LogP contribution in [0, 0.1) is 16.7 Å². The van der Waals surface area contributed by atoms with Gasteiger partial charge in [-0.15, -0.1) is 0 Å². The van der Waals surface area contributed by atoms with Crippen LogP contribution in [-0.2, 0) is 0 Å². The Morgan fingerprint density at radius 1 is 1.30 bits per heavy atom. The molecule has 2 aliphatic heterocycles. The van der Waals surface area contributed by atoms with E-state index in [1.165, 1.54) is 25.1 Å². The molecule has 0 aromatic heterocycles. The Hall–Kier alpha value is -2.59. The summed E-state index contributed by atoms with van der Waals surface area (Å²) in [5, 5.41) is 19.9. The molecule has 23 heavy (non-hydrogen) atoms. The molecular formula is C16H21N7. The van der Waals surface area contributed by atoms with Crippen LogP contribution in [0.2, 0.25) is 0 Å². The van der Waals surface area contributed by atoms with Gasteiger partial charge < -0.3 is 10.6 Å². The Morgan fingerprint density at radius 2 is 2.09 bits per heavy atom.